The summed E-state index contributed by atoms with van der Waals surface area (Å²) in [5.41, 5.74) is 10.1. The van der Waals surface area contributed by atoms with Gasteiger partial charge in [0, 0.05) is 16.5 Å². The van der Waals surface area contributed by atoms with Gasteiger partial charge in [-0.15, -0.1) is 0 Å². The number of nitrogens with zero attached hydrogens (tertiary/aromatic N) is 2. The number of unbranched alkanes of at least 4 members (excludes halogenated alkanes) is 10. The summed E-state index contributed by atoms with van der Waals surface area (Å²) in [5, 5.41) is 0. The fraction of sp³-hybridized carbons (Fsp3) is 0.619. The van der Waals surface area contributed by atoms with Crippen molar-refractivity contribution in [1.82, 2.24) is 0 Å². The van der Waals surface area contributed by atoms with Crippen molar-refractivity contribution in [1.29, 1.82) is 0 Å². The summed E-state index contributed by atoms with van der Waals surface area (Å²) >= 11 is 0. The summed E-state index contributed by atoms with van der Waals surface area (Å²) in [6.07, 6.45) is 28.6. The largest absolute Gasteiger partial charge is 0.251 e. The molecule has 0 bridgehead atoms. The topological polar surface area (TPSA) is 24.7 Å². The Morgan fingerprint density at radius 3 is 1.20 bits per heavy atom. The van der Waals surface area contributed by atoms with Gasteiger partial charge in [-0.3, -0.25) is 4.99 Å². The van der Waals surface area contributed by atoms with Gasteiger partial charge < -0.3 is 0 Å². The van der Waals surface area contributed by atoms with Crippen molar-refractivity contribution >= 4 is 22.8 Å². The zero-order valence-electron chi connectivity index (χ0n) is 30.0. The van der Waals surface area contributed by atoms with E-state index in [0.717, 1.165) is 61.3 Å². The van der Waals surface area contributed by atoms with E-state index < -0.39 is 0 Å². The minimum atomic E-state index is 0. The Hall–Kier alpha value is -1.99. The molecular weight excluding hydrogens is 591 g/mol. The molecule has 0 unspecified atom stereocenters. The van der Waals surface area contributed by atoms with Crippen LogP contribution in [-0.4, -0.2) is 11.4 Å². The number of benzene rings is 2. The molecule has 0 fully saturated rings. The van der Waals surface area contributed by atoms with Crippen LogP contribution in [0.5, 0.6) is 0 Å². The maximum Gasteiger partial charge on any atom is 0.0848 e. The van der Waals surface area contributed by atoms with Gasteiger partial charge in [0.2, 0.25) is 0 Å². The number of hydrogen-bond donors (Lipinski definition) is 0. The van der Waals surface area contributed by atoms with Crippen LogP contribution in [0.25, 0.3) is 0 Å². The van der Waals surface area contributed by atoms with Crippen LogP contribution in [0.4, 0.5) is 11.4 Å². The molecule has 2 aromatic carbocycles. The van der Waals surface area contributed by atoms with Crippen molar-refractivity contribution in [3.05, 3.63) is 70.8 Å². The van der Waals surface area contributed by atoms with Gasteiger partial charge in [0.1, 0.15) is 0 Å². The summed E-state index contributed by atoms with van der Waals surface area (Å²) in [5.74, 6) is 0. The number of aliphatic imine (C=N–C) groups is 2. The van der Waals surface area contributed by atoms with Crippen LogP contribution in [0.2, 0.25) is 0 Å². The molecule has 0 aliphatic carbocycles. The fourth-order valence-electron chi connectivity index (χ4n) is 5.94. The molecule has 3 heteroatoms. The maximum atomic E-state index is 5.42. The van der Waals surface area contributed by atoms with Gasteiger partial charge in [0.25, 0.3) is 0 Å². The normalized spacial score (nSPS) is 12.2. The molecule has 0 saturated heterocycles. The Morgan fingerprint density at radius 2 is 0.844 bits per heavy atom. The van der Waals surface area contributed by atoms with E-state index in [1.807, 2.05) is 0 Å². The molecule has 0 radical (unpaired) electrons. The van der Waals surface area contributed by atoms with E-state index in [1.165, 1.54) is 112 Å². The summed E-state index contributed by atoms with van der Waals surface area (Å²) in [6.45, 7) is 13.5. The zero-order chi connectivity index (χ0) is 31.8. The number of rotatable bonds is 24. The fourth-order valence-corrected chi connectivity index (χ4v) is 5.94. The van der Waals surface area contributed by atoms with Crippen molar-refractivity contribution in [2.24, 2.45) is 9.98 Å². The van der Waals surface area contributed by atoms with Crippen molar-refractivity contribution < 1.29 is 16.5 Å². The molecule has 0 atom stereocenters. The Morgan fingerprint density at radius 1 is 0.489 bits per heavy atom. The molecule has 0 heterocycles. The minimum Gasteiger partial charge on any atom is -0.251 e. The average Bonchev–Trinajstić information content (AvgIpc) is 3.01. The van der Waals surface area contributed by atoms with Crippen LogP contribution in [0.15, 0.2) is 58.5 Å². The van der Waals surface area contributed by atoms with E-state index in [1.54, 1.807) is 0 Å². The first-order chi connectivity index (χ1) is 21.6. The van der Waals surface area contributed by atoms with E-state index in [2.05, 4.69) is 90.1 Å². The Kier molecular flexibility index (Phi) is 23.8. The molecule has 0 saturated carbocycles. The van der Waals surface area contributed by atoms with Gasteiger partial charge >= 0.3 is 0 Å². The molecule has 2 nitrogen and oxygen atoms in total. The molecule has 0 N–H and O–H groups in total. The smallest absolute Gasteiger partial charge is 0.0848 e. The molecule has 254 valence electrons. The summed E-state index contributed by atoms with van der Waals surface area (Å²) in [4.78, 5) is 10.8. The third-order valence-corrected chi connectivity index (χ3v) is 8.50. The Bertz CT molecular complexity index is 1090. The summed E-state index contributed by atoms with van der Waals surface area (Å²) < 4.78 is 0. The molecular formula is C42H66N2Ni. The Labute approximate surface area is 289 Å². The molecule has 0 amide bonds. The number of allylic oxidation sites excluding steroid dienone is 2. The Balaban J connectivity index is 0.0000101. The van der Waals surface area contributed by atoms with E-state index in [4.69, 9.17) is 9.98 Å². The molecule has 0 aromatic heterocycles. The van der Waals surface area contributed by atoms with Crippen molar-refractivity contribution in [2.45, 2.75) is 170 Å². The van der Waals surface area contributed by atoms with Crippen molar-refractivity contribution in [3.63, 3.8) is 0 Å². The number of hydrogen-bond acceptors (Lipinski definition) is 2. The van der Waals surface area contributed by atoms with Crippen LogP contribution >= 0.6 is 0 Å². The first kappa shape index (κ1) is 41.0. The maximum absolute atomic E-state index is 5.42. The van der Waals surface area contributed by atoms with E-state index in [0.29, 0.717) is 0 Å². The molecule has 2 rings (SSSR count). The van der Waals surface area contributed by atoms with Crippen LogP contribution < -0.4 is 0 Å². The molecule has 45 heavy (non-hydrogen) atoms. The van der Waals surface area contributed by atoms with Gasteiger partial charge in [-0.05, 0) is 124 Å². The number of aryl methyl sites for hydroxylation is 4. The van der Waals surface area contributed by atoms with Crippen molar-refractivity contribution in [3.8, 4) is 0 Å². The quantitative estimate of drug-likeness (QED) is 0.0610. The average molecular weight is 658 g/mol. The second kappa shape index (κ2) is 26.1. The predicted octanol–water partition coefficient (Wildman–Crippen LogP) is 13.6. The van der Waals surface area contributed by atoms with Gasteiger partial charge in [-0.1, -0.05) is 117 Å². The summed E-state index contributed by atoms with van der Waals surface area (Å²) in [6, 6.07) is 14.3. The molecule has 2 aromatic rings. The van der Waals surface area contributed by atoms with Gasteiger partial charge in [0.15, 0.2) is 0 Å². The SMILES string of the molecule is C/C=C\C(=Nc1cc(CCCCC)cc(CCCCC)c1)C(CCCCC)=Nc1cc(CCCCC)cc(CCCCC)c1.[Ni]. The van der Waals surface area contributed by atoms with E-state index >= 15 is 0 Å². The van der Waals surface area contributed by atoms with Crippen LogP contribution in [0, 0.1) is 0 Å². The molecule has 0 aliphatic heterocycles. The monoisotopic (exact) mass is 656 g/mol. The van der Waals surface area contributed by atoms with E-state index in [9.17, 15) is 0 Å². The summed E-state index contributed by atoms with van der Waals surface area (Å²) in [7, 11) is 0. The van der Waals surface area contributed by atoms with Gasteiger partial charge in [0.05, 0.1) is 22.8 Å². The van der Waals surface area contributed by atoms with Gasteiger partial charge in [-0.25, -0.2) is 4.99 Å². The minimum absolute atomic E-state index is 0. The zero-order valence-corrected chi connectivity index (χ0v) is 31.0. The standard InChI is InChI=1S/C42H66N2.Ni/c1-7-13-18-24-35-29-36(25-19-14-8-2)32-39(31-35)43-41(23-12-6)42(28-22-17-11-5)44-40-33-37(26-20-15-9-3)30-38(34-40)27-21-16-10-4;/h12,23,29-34H,7-11,13-22,24-28H2,1-6H3;/b23-12-,43-41?,44-42?;. The van der Waals surface area contributed by atoms with Crippen molar-refractivity contribution in [2.75, 3.05) is 0 Å². The van der Waals surface area contributed by atoms with Crippen LogP contribution in [0.1, 0.15) is 167 Å². The van der Waals surface area contributed by atoms with Crippen LogP contribution in [0.3, 0.4) is 0 Å². The first-order valence-electron chi connectivity index (χ1n) is 18.6. The van der Waals surface area contributed by atoms with E-state index in [-0.39, 0.29) is 16.5 Å². The second-order valence-electron chi connectivity index (χ2n) is 12.9. The second-order valence-corrected chi connectivity index (χ2v) is 12.9. The van der Waals surface area contributed by atoms with Gasteiger partial charge in [-0.2, -0.15) is 0 Å². The first-order valence-corrected chi connectivity index (χ1v) is 18.6. The predicted molar refractivity (Wildman–Crippen MR) is 199 cm³/mol. The van der Waals surface area contributed by atoms with Crippen LogP contribution in [-0.2, 0) is 42.2 Å². The third-order valence-electron chi connectivity index (χ3n) is 8.50. The molecule has 0 aliphatic rings. The molecule has 0 spiro atoms. The third kappa shape index (κ3) is 17.5.